The molecule has 0 aliphatic heterocycles. The Bertz CT molecular complexity index is 487. The summed E-state index contributed by atoms with van der Waals surface area (Å²) in [7, 11) is 6.35. The van der Waals surface area contributed by atoms with E-state index in [1.807, 2.05) is 0 Å². The van der Waals surface area contributed by atoms with Crippen LogP contribution in [0.25, 0.3) is 0 Å². The smallest absolute Gasteiger partial charge is 0.138 e. The van der Waals surface area contributed by atoms with Gasteiger partial charge in [-0.25, -0.2) is 0 Å². The van der Waals surface area contributed by atoms with Crippen molar-refractivity contribution in [1.29, 1.82) is 0 Å². The lowest BCUT2D eigenvalue weighted by Crippen LogP contribution is -2.56. The standard InChI is InChI=1S/C15H22Cl2N2O/c1-18(2)15(5-4-6-15)10-19(3)9-11-7-12(16)8-13(17)14(11)20/h7-8,20H,4-6,9-10H2,1-3H3. The molecular formula is C15H22Cl2N2O. The van der Waals surface area contributed by atoms with Gasteiger partial charge >= 0.3 is 0 Å². The molecule has 0 saturated heterocycles. The van der Waals surface area contributed by atoms with Gasteiger partial charge in [-0.05, 0) is 52.5 Å². The van der Waals surface area contributed by atoms with Crippen LogP contribution in [-0.4, -0.2) is 48.1 Å². The van der Waals surface area contributed by atoms with Gasteiger partial charge < -0.3 is 14.9 Å². The molecule has 1 aliphatic carbocycles. The first kappa shape index (κ1) is 15.9. The summed E-state index contributed by atoms with van der Waals surface area (Å²) in [5.74, 6) is 0.135. The first-order chi connectivity index (χ1) is 9.34. The zero-order chi connectivity index (χ0) is 14.9. The van der Waals surface area contributed by atoms with Crippen LogP contribution in [0.3, 0.4) is 0 Å². The average molecular weight is 317 g/mol. The van der Waals surface area contributed by atoms with Crippen LogP contribution in [0.2, 0.25) is 10.0 Å². The largest absolute Gasteiger partial charge is 0.506 e. The highest BCUT2D eigenvalue weighted by atomic mass is 35.5. The van der Waals surface area contributed by atoms with Crippen LogP contribution >= 0.6 is 23.2 Å². The van der Waals surface area contributed by atoms with E-state index in [0.29, 0.717) is 16.6 Å². The van der Waals surface area contributed by atoms with Gasteiger partial charge in [-0.15, -0.1) is 0 Å². The number of hydrogen-bond acceptors (Lipinski definition) is 3. The maximum absolute atomic E-state index is 10.0. The molecule has 0 radical (unpaired) electrons. The number of nitrogens with zero attached hydrogens (tertiary/aromatic N) is 2. The van der Waals surface area contributed by atoms with E-state index in [1.165, 1.54) is 19.3 Å². The fourth-order valence-corrected chi connectivity index (χ4v) is 3.46. The average Bonchev–Trinajstić information content (AvgIpc) is 2.29. The Morgan fingerprint density at radius 1 is 1.20 bits per heavy atom. The Morgan fingerprint density at radius 3 is 2.35 bits per heavy atom. The maximum Gasteiger partial charge on any atom is 0.138 e. The van der Waals surface area contributed by atoms with Gasteiger partial charge in [0.2, 0.25) is 0 Å². The molecule has 0 atom stereocenters. The number of hydrogen-bond donors (Lipinski definition) is 1. The fourth-order valence-electron chi connectivity index (χ4n) is 2.92. The minimum Gasteiger partial charge on any atom is -0.506 e. The van der Waals surface area contributed by atoms with Crippen molar-refractivity contribution in [1.82, 2.24) is 9.80 Å². The van der Waals surface area contributed by atoms with Crippen LogP contribution < -0.4 is 0 Å². The molecule has 5 heteroatoms. The molecule has 1 saturated carbocycles. The number of aromatic hydroxyl groups is 1. The van der Waals surface area contributed by atoms with Crippen molar-refractivity contribution in [2.24, 2.45) is 0 Å². The molecule has 20 heavy (non-hydrogen) atoms. The second kappa shape index (κ2) is 6.10. The van der Waals surface area contributed by atoms with Crippen molar-refractivity contribution in [2.45, 2.75) is 31.3 Å². The molecule has 112 valence electrons. The quantitative estimate of drug-likeness (QED) is 0.898. The molecule has 3 nitrogen and oxygen atoms in total. The number of halogens is 2. The maximum atomic E-state index is 10.0. The molecule has 0 spiro atoms. The second-order valence-corrected chi connectivity index (χ2v) is 6.88. The molecule has 0 unspecified atom stereocenters. The molecule has 1 aliphatic rings. The molecule has 0 aromatic heterocycles. The molecule has 0 heterocycles. The number of phenolic OH excluding ortho intramolecular Hbond substituents is 1. The number of benzene rings is 1. The van der Waals surface area contributed by atoms with E-state index in [2.05, 4.69) is 30.9 Å². The lowest BCUT2D eigenvalue weighted by Gasteiger charge is -2.49. The van der Waals surface area contributed by atoms with Gasteiger partial charge in [0.15, 0.2) is 0 Å². The van der Waals surface area contributed by atoms with Crippen molar-refractivity contribution >= 4 is 23.2 Å². The Kier molecular flexibility index (Phi) is 4.85. The van der Waals surface area contributed by atoms with Crippen LogP contribution in [0, 0.1) is 0 Å². The highest BCUT2D eigenvalue weighted by Gasteiger charge is 2.39. The second-order valence-electron chi connectivity index (χ2n) is 6.04. The topological polar surface area (TPSA) is 26.7 Å². The van der Waals surface area contributed by atoms with Gasteiger partial charge in [-0.2, -0.15) is 0 Å². The number of likely N-dealkylation sites (N-methyl/N-ethyl adjacent to an activating group) is 2. The molecule has 0 bridgehead atoms. The minimum absolute atomic E-state index is 0.135. The molecule has 1 N–H and O–H groups in total. The molecule has 0 amide bonds. The van der Waals surface area contributed by atoms with Gasteiger partial charge in [-0.1, -0.05) is 23.2 Å². The van der Waals surface area contributed by atoms with E-state index in [-0.39, 0.29) is 11.3 Å². The van der Waals surface area contributed by atoms with Gasteiger partial charge in [0.25, 0.3) is 0 Å². The Balaban J connectivity index is 2.07. The molecule has 1 fully saturated rings. The van der Waals surface area contributed by atoms with E-state index in [0.717, 1.165) is 12.1 Å². The van der Waals surface area contributed by atoms with E-state index in [1.54, 1.807) is 12.1 Å². The van der Waals surface area contributed by atoms with Crippen LogP contribution in [-0.2, 0) is 6.54 Å². The SMILES string of the molecule is CN(Cc1cc(Cl)cc(Cl)c1O)CC1(N(C)C)CCC1. The highest BCUT2D eigenvalue weighted by molar-refractivity contribution is 6.35. The van der Waals surface area contributed by atoms with Gasteiger partial charge in [0.05, 0.1) is 5.02 Å². The van der Waals surface area contributed by atoms with Crippen molar-refractivity contribution in [3.05, 3.63) is 27.7 Å². The molecule has 2 rings (SSSR count). The fraction of sp³-hybridized carbons (Fsp3) is 0.600. The summed E-state index contributed by atoms with van der Waals surface area (Å²) in [6.07, 6.45) is 3.75. The Labute approximate surface area is 131 Å². The van der Waals surface area contributed by atoms with Crippen LogP contribution in [0.15, 0.2) is 12.1 Å². The summed E-state index contributed by atoms with van der Waals surface area (Å²) in [6.45, 7) is 1.62. The molecule has 1 aromatic rings. The normalized spacial score (nSPS) is 17.6. The predicted molar refractivity (Wildman–Crippen MR) is 84.7 cm³/mol. The lowest BCUT2D eigenvalue weighted by atomic mass is 9.75. The molecule has 1 aromatic carbocycles. The zero-order valence-electron chi connectivity index (χ0n) is 12.3. The van der Waals surface area contributed by atoms with E-state index in [9.17, 15) is 5.11 Å². The monoisotopic (exact) mass is 316 g/mol. The Morgan fingerprint density at radius 2 is 1.85 bits per heavy atom. The summed E-state index contributed by atoms with van der Waals surface area (Å²) in [5.41, 5.74) is 1.05. The third kappa shape index (κ3) is 3.22. The summed E-state index contributed by atoms with van der Waals surface area (Å²) in [4.78, 5) is 4.54. The minimum atomic E-state index is 0.135. The Hall–Kier alpha value is -0.480. The van der Waals surface area contributed by atoms with Gasteiger partial charge in [-0.3, -0.25) is 0 Å². The first-order valence-electron chi connectivity index (χ1n) is 6.87. The van der Waals surface area contributed by atoms with E-state index >= 15 is 0 Å². The van der Waals surface area contributed by atoms with Crippen molar-refractivity contribution in [2.75, 3.05) is 27.7 Å². The summed E-state index contributed by atoms with van der Waals surface area (Å²) in [5, 5.41) is 10.9. The lowest BCUT2D eigenvalue weighted by molar-refractivity contribution is 0.0257. The van der Waals surface area contributed by atoms with Crippen molar-refractivity contribution in [3.63, 3.8) is 0 Å². The van der Waals surface area contributed by atoms with Crippen LogP contribution in [0.4, 0.5) is 0 Å². The summed E-state index contributed by atoms with van der Waals surface area (Å²) >= 11 is 12.0. The third-order valence-corrected chi connectivity index (χ3v) is 4.85. The van der Waals surface area contributed by atoms with E-state index < -0.39 is 0 Å². The van der Waals surface area contributed by atoms with Gasteiger partial charge in [0.1, 0.15) is 5.75 Å². The van der Waals surface area contributed by atoms with Crippen molar-refractivity contribution < 1.29 is 5.11 Å². The summed E-state index contributed by atoms with van der Waals surface area (Å²) in [6, 6.07) is 3.34. The van der Waals surface area contributed by atoms with Crippen LogP contribution in [0.5, 0.6) is 5.75 Å². The number of rotatable bonds is 5. The third-order valence-electron chi connectivity index (χ3n) is 4.34. The van der Waals surface area contributed by atoms with Crippen LogP contribution in [0.1, 0.15) is 24.8 Å². The predicted octanol–water partition coefficient (Wildman–Crippen LogP) is 3.62. The number of phenols is 1. The zero-order valence-corrected chi connectivity index (χ0v) is 13.8. The van der Waals surface area contributed by atoms with Gasteiger partial charge in [0, 0.05) is 29.2 Å². The van der Waals surface area contributed by atoms with Crippen molar-refractivity contribution in [3.8, 4) is 5.75 Å². The summed E-state index contributed by atoms with van der Waals surface area (Å²) < 4.78 is 0. The molecular weight excluding hydrogens is 295 g/mol. The highest BCUT2D eigenvalue weighted by Crippen LogP contribution is 2.37. The van der Waals surface area contributed by atoms with E-state index in [4.69, 9.17) is 23.2 Å². The first-order valence-corrected chi connectivity index (χ1v) is 7.62.